The van der Waals surface area contributed by atoms with E-state index < -0.39 is 10.0 Å². The minimum atomic E-state index is -3.43. The molecule has 150 valence electrons. The third-order valence-electron chi connectivity index (χ3n) is 4.60. The Labute approximate surface area is 170 Å². The number of rotatable bonds is 9. The van der Waals surface area contributed by atoms with E-state index in [-0.39, 0.29) is 6.04 Å². The summed E-state index contributed by atoms with van der Waals surface area (Å²) in [5.41, 5.74) is 1.84. The fraction of sp³-hybridized carbons (Fsp3) is 0.350. The van der Waals surface area contributed by atoms with Gasteiger partial charge in [-0.05, 0) is 36.1 Å². The standard InChI is InChI=1S/C20H25N3O3S2/c1-4-23(5-2)28(24,25)18-10-8-16(9-11-18)15(3)21-13-17-14-26-20(22-17)19-7-6-12-27-19/h6-12,14-15,21H,4-5,13H2,1-3H3/t15-/m0/s1. The van der Waals surface area contributed by atoms with Crippen molar-refractivity contribution in [2.24, 2.45) is 0 Å². The molecule has 0 saturated carbocycles. The van der Waals surface area contributed by atoms with Gasteiger partial charge in [-0.1, -0.05) is 32.0 Å². The lowest BCUT2D eigenvalue weighted by Gasteiger charge is -2.19. The summed E-state index contributed by atoms with van der Waals surface area (Å²) >= 11 is 1.59. The number of sulfonamides is 1. The molecule has 0 aliphatic carbocycles. The SMILES string of the molecule is CCN(CC)S(=O)(=O)c1ccc([C@H](C)NCc2coc(-c3cccs3)n2)cc1. The first-order chi connectivity index (χ1) is 13.5. The number of benzene rings is 1. The van der Waals surface area contributed by atoms with E-state index in [1.165, 1.54) is 4.31 Å². The van der Waals surface area contributed by atoms with Crippen molar-refractivity contribution in [3.05, 3.63) is 59.3 Å². The first-order valence-electron chi connectivity index (χ1n) is 9.27. The van der Waals surface area contributed by atoms with Crippen molar-refractivity contribution in [1.82, 2.24) is 14.6 Å². The van der Waals surface area contributed by atoms with Gasteiger partial charge in [0.2, 0.25) is 15.9 Å². The Morgan fingerprint density at radius 1 is 1.18 bits per heavy atom. The van der Waals surface area contributed by atoms with Crippen molar-refractivity contribution in [3.63, 3.8) is 0 Å². The van der Waals surface area contributed by atoms with E-state index in [9.17, 15) is 8.42 Å². The fourth-order valence-electron chi connectivity index (χ4n) is 2.92. The zero-order chi connectivity index (χ0) is 20.1. The molecule has 1 N–H and O–H groups in total. The van der Waals surface area contributed by atoms with Crippen molar-refractivity contribution in [2.45, 2.75) is 38.3 Å². The average molecular weight is 420 g/mol. The predicted molar refractivity (Wildman–Crippen MR) is 112 cm³/mol. The number of nitrogens with one attached hydrogen (secondary N) is 1. The Bertz CT molecular complexity index is 976. The van der Waals surface area contributed by atoms with Crippen LogP contribution in [0.4, 0.5) is 0 Å². The average Bonchev–Trinajstić information content (AvgIpc) is 3.38. The van der Waals surface area contributed by atoms with Gasteiger partial charge in [0, 0.05) is 25.7 Å². The summed E-state index contributed by atoms with van der Waals surface area (Å²) < 4.78 is 32.1. The first kappa shape index (κ1) is 20.7. The van der Waals surface area contributed by atoms with Gasteiger partial charge in [-0.15, -0.1) is 11.3 Å². The van der Waals surface area contributed by atoms with E-state index in [1.54, 1.807) is 29.7 Å². The molecule has 0 saturated heterocycles. The van der Waals surface area contributed by atoms with Crippen LogP contribution < -0.4 is 5.32 Å². The molecule has 1 aromatic carbocycles. The molecule has 3 aromatic rings. The number of oxazole rings is 1. The van der Waals surface area contributed by atoms with Gasteiger partial charge in [0.15, 0.2) is 0 Å². The summed E-state index contributed by atoms with van der Waals surface area (Å²) in [5.74, 6) is 0.630. The van der Waals surface area contributed by atoms with Crippen molar-refractivity contribution in [2.75, 3.05) is 13.1 Å². The summed E-state index contributed by atoms with van der Waals surface area (Å²) in [5, 5.41) is 5.39. The Kier molecular flexibility index (Phi) is 6.66. The second kappa shape index (κ2) is 9.00. The molecule has 6 nitrogen and oxygen atoms in total. The first-order valence-corrected chi connectivity index (χ1v) is 11.6. The number of hydrogen-bond donors (Lipinski definition) is 1. The molecule has 0 fully saturated rings. The van der Waals surface area contributed by atoms with Crippen LogP contribution in [0, 0.1) is 0 Å². The van der Waals surface area contributed by atoms with Gasteiger partial charge in [0.25, 0.3) is 0 Å². The maximum absolute atomic E-state index is 12.6. The molecule has 2 aromatic heterocycles. The molecule has 0 aliphatic heterocycles. The molecule has 3 rings (SSSR count). The maximum atomic E-state index is 12.6. The quantitative estimate of drug-likeness (QED) is 0.560. The predicted octanol–water partition coefficient (Wildman–Crippen LogP) is 4.28. The Morgan fingerprint density at radius 3 is 2.50 bits per heavy atom. The second-order valence-corrected chi connectivity index (χ2v) is 9.27. The molecule has 2 heterocycles. The smallest absolute Gasteiger partial charge is 0.243 e. The van der Waals surface area contributed by atoms with Crippen molar-refractivity contribution in [1.29, 1.82) is 0 Å². The monoisotopic (exact) mass is 419 g/mol. The van der Waals surface area contributed by atoms with Gasteiger partial charge in [0.1, 0.15) is 6.26 Å². The topological polar surface area (TPSA) is 75.4 Å². The lowest BCUT2D eigenvalue weighted by atomic mass is 10.1. The molecular formula is C20H25N3O3S2. The van der Waals surface area contributed by atoms with Crippen LogP contribution in [0.3, 0.4) is 0 Å². The number of thiophene rings is 1. The molecule has 0 bridgehead atoms. The summed E-state index contributed by atoms with van der Waals surface area (Å²) in [4.78, 5) is 5.83. The van der Waals surface area contributed by atoms with Crippen LogP contribution in [0.5, 0.6) is 0 Å². The van der Waals surface area contributed by atoms with Crippen LogP contribution in [0.25, 0.3) is 10.8 Å². The van der Waals surface area contributed by atoms with Crippen LogP contribution in [0.2, 0.25) is 0 Å². The Morgan fingerprint density at radius 2 is 1.89 bits per heavy atom. The van der Waals surface area contributed by atoms with Gasteiger partial charge >= 0.3 is 0 Å². The molecule has 0 aliphatic rings. The molecule has 0 amide bonds. The van der Waals surface area contributed by atoms with Gasteiger partial charge in [-0.3, -0.25) is 0 Å². The highest BCUT2D eigenvalue weighted by Crippen LogP contribution is 2.24. The van der Waals surface area contributed by atoms with Crippen molar-refractivity contribution < 1.29 is 12.8 Å². The third-order valence-corrected chi connectivity index (χ3v) is 7.52. The van der Waals surface area contributed by atoms with Gasteiger partial charge in [-0.25, -0.2) is 13.4 Å². The van der Waals surface area contributed by atoms with Crippen molar-refractivity contribution >= 4 is 21.4 Å². The third kappa shape index (κ3) is 4.52. The van der Waals surface area contributed by atoms with Crippen LogP contribution in [0.15, 0.2) is 57.4 Å². The highest BCUT2D eigenvalue weighted by Gasteiger charge is 2.21. The maximum Gasteiger partial charge on any atom is 0.243 e. The van der Waals surface area contributed by atoms with E-state index in [4.69, 9.17) is 4.42 Å². The van der Waals surface area contributed by atoms with E-state index in [0.29, 0.717) is 30.4 Å². The summed E-state index contributed by atoms with van der Waals surface area (Å²) in [6, 6.07) is 11.0. The molecule has 0 unspecified atom stereocenters. The zero-order valence-corrected chi connectivity index (χ0v) is 17.9. The number of aromatic nitrogens is 1. The lowest BCUT2D eigenvalue weighted by Crippen LogP contribution is -2.30. The summed E-state index contributed by atoms with van der Waals surface area (Å²) in [6.45, 7) is 7.21. The van der Waals surface area contributed by atoms with E-state index in [2.05, 4.69) is 10.3 Å². The molecule has 0 spiro atoms. The van der Waals surface area contributed by atoms with E-state index in [0.717, 1.165) is 16.1 Å². The number of hydrogen-bond acceptors (Lipinski definition) is 6. The van der Waals surface area contributed by atoms with Gasteiger partial charge in [0.05, 0.1) is 15.5 Å². The van der Waals surface area contributed by atoms with Crippen LogP contribution in [0.1, 0.15) is 38.1 Å². The highest BCUT2D eigenvalue weighted by atomic mass is 32.2. The minimum Gasteiger partial charge on any atom is -0.444 e. The summed E-state index contributed by atoms with van der Waals surface area (Å²) in [7, 11) is -3.43. The minimum absolute atomic E-state index is 0.0482. The van der Waals surface area contributed by atoms with Crippen molar-refractivity contribution in [3.8, 4) is 10.8 Å². The largest absolute Gasteiger partial charge is 0.444 e. The van der Waals surface area contributed by atoms with Crippen LogP contribution >= 0.6 is 11.3 Å². The van der Waals surface area contributed by atoms with E-state index in [1.807, 2.05) is 50.4 Å². The van der Waals surface area contributed by atoms with Crippen LogP contribution in [-0.2, 0) is 16.6 Å². The second-order valence-electron chi connectivity index (χ2n) is 6.38. The zero-order valence-electron chi connectivity index (χ0n) is 16.3. The number of nitrogens with zero attached hydrogens (tertiary/aromatic N) is 2. The highest BCUT2D eigenvalue weighted by molar-refractivity contribution is 7.89. The molecule has 8 heteroatoms. The fourth-order valence-corrected chi connectivity index (χ4v) is 5.03. The lowest BCUT2D eigenvalue weighted by molar-refractivity contribution is 0.445. The summed E-state index contributed by atoms with van der Waals surface area (Å²) in [6.07, 6.45) is 1.66. The molecule has 0 radical (unpaired) electrons. The molecular weight excluding hydrogens is 394 g/mol. The van der Waals surface area contributed by atoms with Crippen LogP contribution in [-0.4, -0.2) is 30.8 Å². The Balaban J connectivity index is 1.63. The van der Waals surface area contributed by atoms with Gasteiger partial charge < -0.3 is 9.73 Å². The van der Waals surface area contributed by atoms with Gasteiger partial charge in [-0.2, -0.15) is 4.31 Å². The Hall–Kier alpha value is -2.00. The van der Waals surface area contributed by atoms with E-state index >= 15 is 0 Å². The molecule has 28 heavy (non-hydrogen) atoms. The molecule has 1 atom stereocenters. The normalized spacial score (nSPS) is 13.1.